The Kier molecular flexibility index (Phi) is 7.28. The Morgan fingerprint density at radius 1 is 1.08 bits per heavy atom. The van der Waals surface area contributed by atoms with E-state index in [1.807, 2.05) is 43.3 Å². The number of aromatic nitrogens is 2. The van der Waals surface area contributed by atoms with Crippen molar-refractivity contribution in [1.29, 1.82) is 0 Å². The molecule has 6 nitrogen and oxygen atoms in total. The van der Waals surface area contributed by atoms with Crippen LogP contribution in [0.15, 0.2) is 81.7 Å². The van der Waals surface area contributed by atoms with Crippen molar-refractivity contribution >= 4 is 23.4 Å². The fourth-order valence-corrected chi connectivity index (χ4v) is 6.26. The van der Waals surface area contributed by atoms with Crippen LogP contribution < -0.4 is 14.9 Å². The predicted molar refractivity (Wildman–Crippen MR) is 156 cm³/mol. The highest BCUT2D eigenvalue weighted by Crippen LogP contribution is 2.31. The van der Waals surface area contributed by atoms with E-state index < -0.39 is 12.0 Å². The van der Waals surface area contributed by atoms with Crippen molar-refractivity contribution in [3.63, 3.8) is 0 Å². The van der Waals surface area contributed by atoms with Crippen molar-refractivity contribution in [3.8, 4) is 5.69 Å². The van der Waals surface area contributed by atoms with E-state index >= 15 is 0 Å². The number of rotatable bonds is 6. The number of para-hydroxylation sites is 1. The van der Waals surface area contributed by atoms with Gasteiger partial charge in [-0.25, -0.2) is 9.79 Å². The van der Waals surface area contributed by atoms with E-state index in [2.05, 4.69) is 62.6 Å². The lowest BCUT2D eigenvalue weighted by molar-refractivity contribution is -0.139. The summed E-state index contributed by atoms with van der Waals surface area (Å²) >= 11 is 1.35. The Labute approximate surface area is 232 Å². The summed E-state index contributed by atoms with van der Waals surface area (Å²) in [4.78, 5) is 32.4. The van der Waals surface area contributed by atoms with Crippen molar-refractivity contribution in [2.24, 2.45) is 4.99 Å². The number of ether oxygens (including phenoxy) is 1. The second-order valence-corrected chi connectivity index (χ2v) is 11.1. The number of aryl methyl sites for hydroxylation is 1. The highest BCUT2D eigenvalue weighted by molar-refractivity contribution is 7.07. The van der Waals surface area contributed by atoms with Crippen molar-refractivity contribution in [3.05, 3.63) is 120 Å². The minimum atomic E-state index is -0.611. The SMILES string of the molecule is CCOC(=O)C1=C(C)N=c2s/c(=C\c3cc(C)n(-c4ccccc4)c3C)c(=O)n2[C@H]1c1ccc(C(C)C)cc1. The molecule has 0 saturated carbocycles. The number of fused-ring (bicyclic) bond motifs is 1. The van der Waals surface area contributed by atoms with Gasteiger partial charge in [0.15, 0.2) is 4.80 Å². The molecule has 0 saturated heterocycles. The van der Waals surface area contributed by atoms with Crippen LogP contribution in [0.4, 0.5) is 0 Å². The van der Waals surface area contributed by atoms with Crippen molar-refractivity contribution < 1.29 is 9.53 Å². The maximum Gasteiger partial charge on any atom is 0.338 e. The number of esters is 1. The molecule has 0 fully saturated rings. The van der Waals surface area contributed by atoms with Crippen molar-refractivity contribution in [2.45, 2.75) is 53.5 Å². The Balaban J connectivity index is 1.69. The van der Waals surface area contributed by atoms with Gasteiger partial charge in [-0.2, -0.15) is 0 Å². The Bertz CT molecular complexity index is 1750. The van der Waals surface area contributed by atoms with Gasteiger partial charge in [0, 0.05) is 17.1 Å². The second kappa shape index (κ2) is 10.7. The zero-order valence-electron chi connectivity index (χ0n) is 23.2. The molecule has 1 aliphatic rings. The monoisotopic (exact) mass is 539 g/mol. The Hall–Kier alpha value is -3.97. The summed E-state index contributed by atoms with van der Waals surface area (Å²) in [6.07, 6.45) is 1.94. The van der Waals surface area contributed by atoms with Gasteiger partial charge >= 0.3 is 5.97 Å². The van der Waals surface area contributed by atoms with E-state index in [9.17, 15) is 9.59 Å². The average molecular weight is 540 g/mol. The quantitative estimate of drug-likeness (QED) is 0.311. The number of thiazole rings is 1. The molecule has 0 spiro atoms. The number of hydrogen-bond donors (Lipinski definition) is 0. The molecule has 4 aromatic rings. The van der Waals surface area contributed by atoms with Crippen LogP contribution in [-0.4, -0.2) is 21.7 Å². The van der Waals surface area contributed by atoms with Gasteiger partial charge in [-0.05, 0) is 74.6 Å². The van der Waals surface area contributed by atoms with Crippen molar-refractivity contribution in [1.82, 2.24) is 9.13 Å². The number of hydrogen-bond acceptors (Lipinski definition) is 5. The summed E-state index contributed by atoms with van der Waals surface area (Å²) in [5.41, 5.74) is 7.03. The third kappa shape index (κ3) is 4.83. The molecule has 3 heterocycles. The van der Waals surface area contributed by atoms with Crippen LogP contribution >= 0.6 is 11.3 Å². The topological polar surface area (TPSA) is 65.6 Å². The fourth-order valence-electron chi connectivity index (χ4n) is 5.22. The molecule has 5 rings (SSSR count). The van der Waals surface area contributed by atoms with Gasteiger partial charge in [0.05, 0.1) is 28.5 Å². The molecule has 200 valence electrons. The Morgan fingerprint density at radius 3 is 2.41 bits per heavy atom. The molecule has 2 aromatic carbocycles. The fraction of sp³-hybridized carbons (Fsp3) is 0.281. The number of benzene rings is 2. The highest BCUT2D eigenvalue weighted by atomic mass is 32.1. The molecule has 39 heavy (non-hydrogen) atoms. The van der Waals surface area contributed by atoms with Crippen LogP contribution in [0.25, 0.3) is 11.8 Å². The van der Waals surface area contributed by atoms with Crippen LogP contribution in [0.3, 0.4) is 0 Å². The van der Waals surface area contributed by atoms with E-state index in [1.54, 1.807) is 11.5 Å². The maximum absolute atomic E-state index is 14.0. The molecule has 0 amide bonds. The van der Waals surface area contributed by atoms with Gasteiger partial charge in [0.1, 0.15) is 0 Å². The summed E-state index contributed by atoms with van der Waals surface area (Å²) < 4.78 is 9.82. The first-order valence-corrected chi connectivity index (χ1v) is 14.1. The average Bonchev–Trinajstić information content (AvgIpc) is 3.37. The van der Waals surface area contributed by atoms with Crippen LogP contribution in [0.2, 0.25) is 0 Å². The maximum atomic E-state index is 14.0. The minimum absolute atomic E-state index is 0.171. The first-order chi connectivity index (χ1) is 18.7. The molecule has 7 heteroatoms. The van der Waals surface area contributed by atoms with Crippen molar-refractivity contribution in [2.75, 3.05) is 6.61 Å². The highest BCUT2D eigenvalue weighted by Gasteiger charge is 2.33. The smallest absolute Gasteiger partial charge is 0.338 e. The minimum Gasteiger partial charge on any atom is -0.463 e. The number of nitrogens with zero attached hydrogens (tertiary/aromatic N) is 3. The molecular formula is C32H33N3O3S. The third-order valence-electron chi connectivity index (χ3n) is 7.21. The van der Waals surface area contributed by atoms with E-state index in [-0.39, 0.29) is 12.2 Å². The predicted octanol–water partition coefficient (Wildman–Crippen LogP) is 5.33. The summed E-state index contributed by atoms with van der Waals surface area (Å²) in [6, 6.07) is 19.8. The van der Waals surface area contributed by atoms with Gasteiger partial charge < -0.3 is 9.30 Å². The van der Waals surface area contributed by atoms with E-state index in [1.165, 1.54) is 16.9 Å². The lowest BCUT2D eigenvalue weighted by Gasteiger charge is -2.25. The van der Waals surface area contributed by atoms with Crippen LogP contribution in [0.1, 0.15) is 67.7 Å². The number of carbonyl (C=O) groups is 1. The number of allylic oxidation sites excluding steroid dienone is 1. The largest absolute Gasteiger partial charge is 0.463 e. The molecule has 2 aromatic heterocycles. The van der Waals surface area contributed by atoms with Crippen LogP contribution in [0.5, 0.6) is 0 Å². The van der Waals surface area contributed by atoms with Gasteiger partial charge in [0.2, 0.25) is 0 Å². The zero-order valence-corrected chi connectivity index (χ0v) is 24.0. The van der Waals surface area contributed by atoms with E-state index in [0.29, 0.717) is 26.5 Å². The van der Waals surface area contributed by atoms with E-state index in [4.69, 9.17) is 9.73 Å². The standard InChI is InChI=1S/C32H33N3O3S/c1-7-38-31(37)28-21(5)33-32-35(29(28)24-15-13-23(14-16-24)19(2)3)30(36)27(39-32)18-25-17-20(4)34(22(25)6)26-11-9-8-10-12-26/h8-19,29H,7H2,1-6H3/b27-18-/t29-/m0/s1. The van der Waals surface area contributed by atoms with Gasteiger partial charge in [-0.3, -0.25) is 9.36 Å². The summed E-state index contributed by atoms with van der Waals surface area (Å²) in [5, 5.41) is 0. The normalized spacial score (nSPS) is 15.5. The lowest BCUT2D eigenvalue weighted by Crippen LogP contribution is -2.39. The molecule has 0 radical (unpaired) electrons. The molecule has 1 atom stereocenters. The molecule has 0 N–H and O–H groups in total. The van der Waals surface area contributed by atoms with Crippen LogP contribution in [0, 0.1) is 13.8 Å². The third-order valence-corrected chi connectivity index (χ3v) is 8.19. The summed E-state index contributed by atoms with van der Waals surface area (Å²) in [5.74, 6) is -0.0740. The van der Waals surface area contributed by atoms with Gasteiger partial charge in [-0.15, -0.1) is 0 Å². The lowest BCUT2D eigenvalue weighted by atomic mass is 9.93. The molecular weight excluding hydrogens is 506 g/mol. The first-order valence-electron chi connectivity index (χ1n) is 13.2. The zero-order chi connectivity index (χ0) is 27.8. The summed E-state index contributed by atoms with van der Waals surface area (Å²) in [6.45, 7) is 12.2. The Morgan fingerprint density at radius 2 is 1.77 bits per heavy atom. The second-order valence-electron chi connectivity index (χ2n) is 10.1. The van der Waals surface area contributed by atoms with Crippen LogP contribution in [-0.2, 0) is 9.53 Å². The molecule has 1 aliphatic heterocycles. The molecule has 0 unspecified atom stereocenters. The molecule has 0 aliphatic carbocycles. The first kappa shape index (κ1) is 26.6. The number of carbonyl (C=O) groups excluding carboxylic acids is 1. The van der Waals surface area contributed by atoms with E-state index in [0.717, 1.165) is 28.2 Å². The van der Waals surface area contributed by atoms with Gasteiger partial charge in [0.25, 0.3) is 5.56 Å². The summed E-state index contributed by atoms with van der Waals surface area (Å²) in [7, 11) is 0. The molecule has 0 bridgehead atoms. The van der Waals surface area contributed by atoms with Gasteiger partial charge in [-0.1, -0.05) is 67.6 Å².